The van der Waals surface area contributed by atoms with E-state index >= 15 is 0 Å². The molecule has 0 unspecified atom stereocenters. The average Bonchev–Trinajstić information content (AvgIpc) is 3.16. The smallest absolute Gasteiger partial charge is 0.330 e. The Bertz CT molecular complexity index is 955. The topological polar surface area (TPSA) is 121 Å². The average molecular weight is 438 g/mol. The van der Waals surface area contributed by atoms with Crippen LogP contribution in [-0.2, 0) is 16.1 Å². The van der Waals surface area contributed by atoms with E-state index in [2.05, 4.69) is 4.98 Å². The van der Waals surface area contributed by atoms with Crippen molar-refractivity contribution in [1.82, 2.24) is 14.5 Å². The molecule has 2 aliphatic heterocycles. The van der Waals surface area contributed by atoms with Crippen LogP contribution in [0.4, 0.5) is 11.5 Å². The van der Waals surface area contributed by atoms with Gasteiger partial charge in [-0.15, -0.1) is 11.8 Å². The van der Waals surface area contributed by atoms with E-state index < -0.39 is 17.3 Å². The van der Waals surface area contributed by atoms with Crippen LogP contribution in [-0.4, -0.2) is 49.5 Å². The van der Waals surface area contributed by atoms with E-state index in [1.54, 1.807) is 16.7 Å². The van der Waals surface area contributed by atoms with Crippen molar-refractivity contribution < 1.29 is 9.59 Å². The molecule has 0 aliphatic carbocycles. The van der Waals surface area contributed by atoms with Crippen molar-refractivity contribution in [3.05, 3.63) is 20.8 Å². The van der Waals surface area contributed by atoms with Gasteiger partial charge >= 0.3 is 5.69 Å². The Morgan fingerprint density at radius 3 is 2.70 bits per heavy atom. The van der Waals surface area contributed by atoms with Crippen molar-refractivity contribution in [2.24, 2.45) is 5.92 Å². The molecule has 0 bridgehead atoms. The van der Waals surface area contributed by atoms with Crippen LogP contribution in [0.3, 0.4) is 0 Å². The van der Waals surface area contributed by atoms with E-state index in [9.17, 15) is 19.2 Å². The molecule has 30 heavy (non-hydrogen) atoms. The molecule has 3 heterocycles. The van der Waals surface area contributed by atoms with Gasteiger partial charge in [-0.3, -0.25) is 23.9 Å². The van der Waals surface area contributed by atoms with Crippen molar-refractivity contribution >= 4 is 35.1 Å². The Morgan fingerprint density at radius 1 is 1.37 bits per heavy atom. The number of carbonyl (C=O) groups excluding carboxylic acids is 2. The van der Waals surface area contributed by atoms with Crippen LogP contribution in [0.15, 0.2) is 9.59 Å². The van der Waals surface area contributed by atoms with Crippen LogP contribution in [0.1, 0.15) is 53.4 Å². The third kappa shape index (κ3) is 3.89. The minimum Gasteiger partial charge on any atom is -0.383 e. The Balaban J connectivity index is 2.05. The second-order valence-electron chi connectivity index (χ2n) is 8.61. The number of amides is 2. The predicted octanol–water partition coefficient (Wildman–Crippen LogP) is 1.36. The van der Waals surface area contributed by atoms with Crippen LogP contribution >= 0.6 is 11.8 Å². The molecule has 0 aromatic carbocycles. The van der Waals surface area contributed by atoms with Gasteiger partial charge in [0.25, 0.3) is 11.5 Å². The fourth-order valence-electron chi connectivity index (χ4n) is 4.22. The molecule has 2 amide bonds. The first-order chi connectivity index (χ1) is 14.1. The molecule has 0 saturated carbocycles. The summed E-state index contributed by atoms with van der Waals surface area (Å²) in [5.74, 6) is 0.234. The largest absolute Gasteiger partial charge is 0.383 e. The maximum absolute atomic E-state index is 13.6. The van der Waals surface area contributed by atoms with E-state index in [0.717, 1.165) is 6.42 Å². The molecule has 166 valence electrons. The zero-order valence-corrected chi connectivity index (χ0v) is 18.9. The van der Waals surface area contributed by atoms with Crippen molar-refractivity contribution in [2.75, 3.05) is 22.9 Å². The second kappa shape index (κ2) is 8.49. The zero-order valence-electron chi connectivity index (χ0n) is 18.1. The van der Waals surface area contributed by atoms with Crippen molar-refractivity contribution in [2.45, 2.75) is 70.8 Å². The van der Waals surface area contributed by atoms with Gasteiger partial charge in [0, 0.05) is 25.3 Å². The van der Waals surface area contributed by atoms with Gasteiger partial charge in [0.05, 0.1) is 4.87 Å². The summed E-state index contributed by atoms with van der Waals surface area (Å²) >= 11 is 1.60. The predicted molar refractivity (Wildman–Crippen MR) is 119 cm³/mol. The molecular weight excluding hydrogens is 406 g/mol. The van der Waals surface area contributed by atoms with Crippen LogP contribution < -0.4 is 21.9 Å². The van der Waals surface area contributed by atoms with E-state index in [0.29, 0.717) is 38.1 Å². The van der Waals surface area contributed by atoms with Gasteiger partial charge in [0.15, 0.2) is 5.69 Å². The fraction of sp³-hybridized carbons (Fsp3) is 0.700. The van der Waals surface area contributed by atoms with Gasteiger partial charge in [-0.05, 0) is 25.7 Å². The lowest BCUT2D eigenvalue weighted by atomic mass is 10.1. The lowest BCUT2D eigenvalue weighted by molar-refractivity contribution is -0.136. The van der Waals surface area contributed by atoms with E-state index in [1.807, 2.05) is 27.7 Å². The summed E-state index contributed by atoms with van der Waals surface area (Å²) in [4.78, 5) is 56.2. The molecule has 2 saturated heterocycles. The number of nitrogens with one attached hydrogen (secondary N) is 1. The minimum atomic E-state index is -0.678. The van der Waals surface area contributed by atoms with Gasteiger partial charge < -0.3 is 15.5 Å². The highest BCUT2D eigenvalue weighted by atomic mass is 32.2. The number of thioether (sulfide) groups is 1. The third-order valence-electron chi connectivity index (χ3n) is 5.76. The first-order valence-corrected chi connectivity index (χ1v) is 11.5. The summed E-state index contributed by atoms with van der Waals surface area (Å²) in [6.07, 6.45) is 2.60. The van der Waals surface area contributed by atoms with Gasteiger partial charge in [0.1, 0.15) is 11.9 Å². The Labute approximate surface area is 180 Å². The summed E-state index contributed by atoms with van der Waals surface area (Å²) in [5.41, 5.74) is 5.00. The van der Waals surface area contributed by atoms with Crippen LogP contribution in [0.2, 0.25) is 0 Å². The van der Waals surface area contributed by atoms with Crippen molar-refractivity contribution in [3.63, 3.8) is 0 Å². The Hall–Kier alpha value is -2.23. The highest BCUT2D eigenvalue weighted by Gasteiger charge is 2.53. The number of aromatic amines is 1. The maximum Gasteiger partial charge on any atom is 0.330 e. The molecule has 3 rings (SSSR count). The second-order valence-corrected chi connectivity index (χ2v) is 10.1. The molecule has 2 atom stereocenters. The SMILES string of the molecule is CCCCN(C(=O)[C@H]1CS[C@@]2(C)CCC(=O)N12)c1c(N)n(CC(C)C)c(=O)[nH]c1=O. The molecule has 3 N–H and O–H groups in total. The minimum absolute atomic E-state index is 0.000973. The summed E-state index contributed by atoms with van der Waals surface area (Å²) in [6, 6.07) is -0.642. The summed E-state index contributed by atoms with van der Waals surface area (Å²) < 4.78 is 1.31. The monoisotopic (exact) mass is 437 g/mol. The van der Waals surface area contributed by atoms with Gasteiger partial charge in [0.2, 0.25) is 5.91 Å². The third-order valence-corrected chi connectivity index (χ3v) is 7.27. The first-order valence-electron chi connectivity index (χ1n) is 10.5. The van der Waals surface area contributed by atoms with Crippen molar-refractivity contribution in [3.8, 4) is 0 Å². The van der Waals surface area contributed by atoms with Crippen LogP contribution in [0.25, 0.3) is 0 Å². The summed E-state index contributed by atoms with van der Waals surface area (Å²) in [5, 5.41) is 0. The van der Waals surface area contributed by atoms with E-state index in [4.69, 9.17) is 5.73 Å². The standard InChI is InChI=1S/C20H31N5O4S/c1-5-6-9-23(15-16(21)24(10-12(2)3)19(29)22-17(15)27)18(28)13-11-30-20(4)8-7-14(26)25(13)20/h12-13H,5-11,21H2,1-4H3,(H,22,27,29)/t13-,20+/m1/s1. The number of aromatic nitrogens is 2. The molecule has 10 heteroatoms. The number of carbonyl (C=O) groups is 2. The van der Waals surface area contributed by atoms with E-state index in [-0.39, 0.29) is 34.1 Å². The molecule has 1 aromatic rings. The number of anilines is 2. The highest BCUT2D eigenvalue weighted by molar-refractivity contribution is 8.01. The number of unbranched alkanes of at least 4 members (excludes halogenated alkanes) is 1. The molecule has 2 aliphatic rings. The molecule has 2 fully saturated rings. The molecule has 0 spiro atoms. The quantitative estimate of drug-likeness (QED) is 0.664. The Kier molecular flexibility index (Phi) is 6.35. The zero-order chi connectivity index (χ0) is 22.2. The highest BCUT2D eigenvalue weighted by Crippen LogP contribution is 2.47. The normalized spacial score (nSPS) is 23.3. The van der Waals surface area contributed by atoms with E-state index in [1.165, 1.54) is 9.47 Å². The number of hydrogen-bond acceptors (Lipinski definition) is 6. The van der Waals surface area contributed by atoms with Gasteiger partial charge in [-0.25, -0.2) is 4.79 Å². The maximum atomic E-state index is 13.6. The van der Waals surface area contributed by atoms with Crippen LogP contribution in [0, 0.1) is 5.92 Å². The molecular formula is C20H31N5O4S. The number of fused-ring (bicyclic) bond motifs is 1. The number of nitrogen functional groups attached to an aromatic ring is 1. The van der Waals surface area contributed by atoms with Crippen LogP contribution in [0.5, 0.6) is 0 Å². The molecule has 0 radical (unpaired) electrons. The lowest BCUT2D eigenvalue weighted by Crippen LogP contribution is -2.53. The number of H-pyrrole nitrogens is 1. The summed E-state index contributed by atoms with van der Waals surface area (Å²) in [6.45, 7) is 8.46. The van der Waals surface area contributed by atoms with Gasteiger partial charge in [-0.1, -0.05) is 27.2 Å². The number of rotatable bonds is 7. The summed E-state index contributed by atoms with van der Waals surface area (Å²) in [7, 11) is 0. The number of nitrogens with zero attached hydrogens (tertiary/aromatic N) is 3. The first kappa shape index (κ1) is 22.5. The molecule has 9 nitrogen and oxygen atoms in total. The van der Waals surface area contributed by atoms with Gasteiger partial charge in [-0.2, -0.15) is 0 Å². The number of nitrogens with two attached hydrogens (primary N) is 1. The van der Waals surface area contributed by atoms with Crippen molar-refractivity contribution in [1.29, 1.82) is 0 Å². The number of hydrogen-bond donors (Lipinski definition) is 2. The molecule has 1 aromatic heterocycles. The fourth-order valence-corrected chi connectivity index (χ4v) is 5.64. The Morgan fingerprint density at radius 2 is 2.07 bits per heavy atom. The lowest BCUT2D eigenvalue weighted by Gasteiger charge is -2.33.